The van der Waals surface area contributed by atoms with Crippen molar-refractivity contribution in [1.82, 2.24) is 9.55 Å². The van der Waals surface area contributed by atoms with Crippen LogP contribution in [0.1, 0.15) is 42.4 Å². The van der Waals surface area contributed by atoms with Gasteiger partial charge in [0.2, 0.25) is 5.91 Å². The number of ether oxygens (including phenoxy) is 3. The number of hydrogen-bond donors (Lipinski definition) is 3. The maximum Gasteiger partial charge on any atom is 0.469 e. The zero-order valence-corrected chi connectivity index (χ0v) is 21.3. The normalized spacial score (nSPS) is 19.2. The largest absolute Gasteiger partial charge is 0.490 e. The van der Waals surface area contributed by atoms with Crippen LogP contribution in [0.2, 0.25) is 0 Å². The lowest BCUT2D eigenvalue weighted by atomic mass is 10.0. The molecule has 0 radical (unpaired) electrons. The number of phosphoric ester groups is 1. The molecule has 0 aliphatic carbocycles. The molecule has 0 unspecified atom stereocenters. The number of rotatable bonds is 11. The summed E-state index contributed by atoms with van der Waals surface area (Å²) in [4.78, 5) is 69.0. The number of nitro groups is 1. The van der Waals surface area contributed by atoms with Crippen LogP contribution in [0, 0.1) is 10.1 Å². The molecule has 1 amide bonds. The molecule has 2 heterocycles. The van der Waals surface area contributed by atoms with Gasteiger partial charge < -0.3 is 29.3 Å². The quantitative estimate of drug-likeness (QED) is 0.154. The van der Waals surface area contributed by atoms with E-state index in [9.17, 15) is 38.8 Å². The lowest BCUT2D eigenvalue weighted by molar-refractivity contribution is -0.386. The summed E-state index contributed by atoms with van der Waals surface area (Å²) < 4.78 is 33.8. The van der Waals surface area contributed by atoms with Gasteiger partial charge in [-0.15, -0.1) is 0 Å². The number of benzene rings is 1. The topological polar surface area (TPSA) is 219 Å². The van der Waals surface area contributed by atoms with E-state index in [1.165, 1.54) is 38.4 Å². The summed E-state index contributed by atoms with van der Waals surface area (Å²) in [6.45, 7) is 1.79. The molecule has 0 spiro atoms. The van der Waals surface area contributed by atoms with Crippen molar-refractivity contribution in [2.24, 2.45) is 0 Å². The summed E-state index contributed by atoms with van der Waals surface area (Å²) in [5.41, 5.74) is -1.34. The number of phosphoric acid groups is 1. The average Bonchev–Trinajstić information content (AvgIpc) is 3.18. The lowest BCUT2D eigenvalue weighted by Crippen LogP contribution is -2.29. The molecule has 17 heteroatoms. The number of nitrogens with one attached hydrogen (secondary N) is 1. The first-order valence-corrected chi connectivity index (χ1v) is 12.5. The van der Waals surface area contributed by atoms with Crippen molar-refractivity contribution in [1.29, 1.82) is 0 Å². The molecule has 206 valence electrons. The summed E-state index contributed by atoms with van der Waals surface area (Å²) in [6, 6.07) is 4.08. The zero-order valence-electron chi connectivity index (χ0n) is 20.4. The van der Waals surface area contributed by atoms with Crippen molar-refractivity contribution in [2.75, 3.05) is 19.0 Å². The van der Waals surface area contributed by atoms with Crippen molar-refractivity contribution >= 4 is 31.0 Å². The number of Topliss-reactive ketones (excluding diaryl/α,β-unsaturated/α-hetero) is 1. The summed E-state index contributed by atoms with van der Waals surface area (Å²) >= 11 is 0. The van der Waals surface area contributed by atoms with E-state index < -0.39 is 54.2 Å². The maximum absolute atomic E-state index is 12.4. The molecular weight excluding hydrogens is 531 g/mol. The highest BCUT2D eigenvalue weighted by atomic mass is 31.2. The van der Waals surface area contributed by atoms with Gasteiger partial charge >= 0.3 is 19.2 Å². The molecule has 3 rings (SSSR count). The summed E-state index contributed by atoms with van der Waals surface area (Å²) in [5.74, 6) is -1.13. The van der Waals surface area contributed by atoms with Gasteiger partial charge in [-0.3, -0.25) is 28.8 Å². The van der Waals surface area contributed by atoms with Crippen molar-refractivity contribution < 1.29 is 47.6 Å². The predicted octanol–water partition coefficient (Wildman–Crippen LogP) is 1.30. The number of aromatic nitrogens is 2. The number of methoxy groups -OCH3 is 1. The van der Waals surface area contributed by atoms with Crippen molar-refractivity contribution in [3.8, 4) is 5.75 Å². The fraction of sp³-hybridized carbons (Fsp3) is 0.429. The van der Waals surface area contributed by atoms with Gasteiger partial charge in [0.15, 0.2) is 11.5 Å². The minimum Gasteiger partial charge on any atom is -0.490 e. The third-order valence-corrected chi connectivity index (χ3v) is 5.96. The van der Waals surface area contributed by atoms with Crippen LogP contribution < -0.4 is 15.7 Å². The summed E-state index contributed by atoms with van der Waals surface area (Å²) in [6.07, 6.45) is -2.20. The first kappa shape index (κ1) is 29.0. The van der Waals surface area contributed by atoms with Gasteiger partial charge in [-0.1, -0.05) is 6.07 Å². The first-order valence-electron chi connectivity index (χ1n) is 11.0. The van der Waals surface area contributed by atoms with Crippen molar-refractivity contribution in [3.63, 3.8) is 0 Å². The smallest absolute Gasteiger partial charge is 0.469 e. The Hall–Kier alpha value is -3.53. The Balaban J connectivity index is 1.80. The summed E-state index contributed by atoms with van der Waals surface area (Å²) in [7, 11) is -3.74. The molecular formula is C21H25N4O12P. The molecule has 1 aromatic heterocycles. The molecule has 3 atom stereocenters. The minimum absolute atomic E-state index is 0.00880. The zero-order chi connectivity index (χ0) is 28.2. The highest BCUT2D eigenvalue weighted by molar-refractivity contribution is 7.46. The fourth-order valence-electron chi connectivity index (χ4n) is 3.95. The van der Waals surface area contributed by atoms with Gasteiger partial charge in [0.05, 0.1) is 25.2 Å². The Kier molecular flexibility index (Phi) is 9.09. The summed E-state index contributed by atoms with van der Waals surface area (Å²) in [5, 5.41) is 13.9. The number of hydrogen-bond acceptors (Lipinski definition) is 11. The van der Waals surface area contributed by atoms with E-state index in [0.717, 1.165) is 11.5 Å². The first-order chi connectivity index (χ1) is 17.8. The van der Waals surface area contributed by atoms with Gasteiger partial charge in [0.25, 0.3) is 0 Å². The maximum atomic E-state index is 12.4. The van der Waals surface area contributed by atoms with E-state index in [1.807, 2.05) is 0 Å². The Morgan fingerprint density at radius 3 is 2.58 bits per heavy atom. The number of amides is 1. The van der Waals surface area contributed by atoms with Crippen LogP contribution in [0.25, 0.3) is 0 Å². The minimum atomic E-state index is -4.96. The molecule has 1 aromatic carbocycles. The fourth-order valence-corrected chi connectivity index (χ4v) is 4.52. The van der Waals surface area contributed by atoms with Gasteiger partial charge in [-0.2, -0.15) is 4.98 Å². The number of anilines is 1. The Morgan fingerprint density at radius 2 is 2.03 bits per heavy atom. The third kappa shape index (κ3) is 7.06. The van der Waals surface area contributed by atoms with Crippen LogP contribution in [0.3, 0.4) is 0 Å². The van der Waals surface area contributed by atoms with Crippen molar-refractivity contribution in [3.05, 3.63) is 56.1 Å². The Bertz CT molecular complexity index is 1340. The van der Waals surface area contributed by atoms with Crippen molar-refractivity contribution in [2.45, 2.75) is 45.3 Å². The molecule has 1 aliphatic heterocycles. The van der Waals surface area contributed by atoms with Crippen LogP contribution in [-0.2, 0) is 30.0 Å². The second-order valence-corrected chi connectivity index (χ2v) is 9.35. The van der Waals surface area contributed by atoms with Crippen LogP contribution in [0.15, 0.2) is 29.2 Å². The third-order valence-electron chi connectivity index (χ3n) is 5.42. The lowest BCUT2D eigenvalue weighted by Gasteiger charge is -2.19. The SMILES string of the molecule is COc1ccc(COC[C@H]2O[C@@H](n3ccc(NC(C)=O)nc3=O)C[C@@H]2OP(=O)(O)O)c(C(C)=O)c1[N+](=O)[O-]. The number of carbonyl (C=O) groups is 2. The number of nitrogens with zero attached hydrogens (tertiary/aromatic N) is 3. The number of carbonyl (C=O) groups excluding carboxylic acids is 2. The van der Waals surface area contributed by atoms with Crippen LogP contribution >= 0.6 is 7.82 Å². The van der Waals surface area contributed by atoms with Gasteiger partial charge in [0, 0.05) is 19.5 Å². The molecule has 1 saturated heterocycles. The monoisotopic (exact) mass is 556 g/mol. The highest BCUT2D eigenvalue weighted by Gasteiger charge is 2.41. The highest BCUT2D eigenvalue weighted by Crippen LogP contribution is 2.43. The van der Waals surface area contributed by atoms with E-state index >= 15 is 0 Å². The van der Waals surface area contributed by atoms with E-state index in [-0.39, 0.29) is 42.3 Å². The molecule has 0 bridgehead atoms. The molecule has 16 nitrogen and oxygen atoms in total. The number of ketones is 1. The van der Waals surface area contributed by atoms with Gasteiger partial charge in [0.1, 0.15) is 29.8 Å². The van der Waals surface area contributed by atoms with E-state index in [0.29, 0.717) is 0 Å². The second kappa shape index (κ2) is 11.9. The molecule has 1 fully saturated rings. The molecule has 38 heavy (non-hydrogen) atoms. The van der Waals surface area contributed by atoms with Crippen LogP contribution in [0.4, 0.5) is 11.5 Å². The molecule has 1 aliphatic rings. The molecule has 3 N–H and O–H groups in total. The predicted molar refractivity (Wildman–Crippen MR) is 128 cm³/mol. The van der Waals surface area contributed by atoms with Gasteiger partial charge in [-0.05, 0) is 24.6 Å². The Labute approximate surface area is 214 Å². The number of nitro benzene ring substituents is 1. The van der Waals surface area contributed by atoms with E-state index in [1.54, 1.807) is 0 Å². The molecule has 2 aromatic rings. The second-order valence-electron chi connectivity index (χ2n) is 8.16. The standard InChI is InChI=1S/C21H25N4O12P/c1-11(26)19-13(4-5-14(34-3)20(19)25(29)30)9-35-10-16-15(37-38(31,32)33)8-18(36-16)24-7-6-17(22-12(2)27)23-21(24)28/h4-7,15-16,18H,8-10H2,1-3H3,(H2,31,32,33)(H,22,23,27,28)/t15-,16+,18+/m0/s1. The van der Waals surface area contributed by atoms with Gasteiger partial charge in [-0.25, -0.2) is 9.36 Å². The van der Waals surface area contributed by atoms with E-state index in [4.69, 9.17) is 18.7 Å². The average molecular weight is 556 g/mol. The van der Waals surface area contributed by atoms with Crippen LogP contribution in [-0.4, -0.2) is 61.9 Å². The van der Waals surface area contributed by atoms with E-state index in [2.05, 4.69) is 10.3 Å². The Morgan fingerprint density at radius 1 is 1.32 bits per heavy atom. The molecule has 0 saturated carbocycles. The van der Waals surface area contributed by atoms with Crippen LogP contribution in [0.5, 0.6) is 5.75 Å².